The first-order valence-electron chi connectivity index (χ1n) is 9.83. The number of nitrogens with zero attached hydrogens (tertiary/aromatic N) is 1. The second-order valence-corrected chi connectivity index (χ2v) is 7.60. The second kappa shape index (κ2) is 10.3. The largest absolute Gasteiger partial charge is 0.497 e. The number of quaternary nitrogens is 1. The van der Waals surface area contributed by atoms with Crippen molar-refractivity contribution in [3.8, 4) is 5.75 Å². The summed E-state index contributed by atoms with van der Waals surface area (Å²) in [5.74, 6) is 0.760. The molecule has 6 nitrogen and oxygen atoms in total. The van der Waals surface area contributed by atoms with E-state index in [1.807, 2.05) is 17.0 Å². The third-order valence-corrected chi connectivity index (χ3v) is 5.42. The van der Waals surface area contributed by atoms with Crippen molar-refractivity contribution >= 4 is 23.4 Å². The van der Waals surface area contributed by atoms with Crippen LogP contribution in [-0.2, 0) is 11.3 Å². The van der Waals surface area contributed by atoms with Gasteiger partial charge in [0.05, 0.1) is 33.3 Å². The molecule has 2 N–H and O–H groups in total. The van der Waals surface area contributed by atoms with Gasteiger partial charge in [0.2, 0.25) is 5.91 Å². The van der Waals surface area contributed by atoms with Crippen molar-refractivity contribution in [1.29, 1.82) is 0 Å². The standard InChI is InChI=1S/C22H26ClN3O3/c1-29-20-8-2-17(3-9-20)16-25-12-14-26(15-13-25)21(27)10-11-24-22(28)18-4-6-19(23)7-5-18/h2-9H,10-16H2,1H3,(H,24,28)/p+1. The van der Waals surface area contributed by atoms with Crippen molar-refractivity contribution < 1.29 is 19.2 Å². The lowest BCUT2D eigenvalue weighted by molar-refractivity contribution is -0.917. The number of carbonyl (C=O) groups is 2. The number of halogens is 1. The number of hydrogen-bond donors (Lipinski definition) is 2. The minimum absolute atomic E-state index is 0.0879. The van der Waals surface area contributed by atoms with E-state index < -0.39 is 0 Å². The monoisotopic (exact) mass is 416 g/mol. The Morgan fingerprint density at radius 2 is 1.72 bits per heavy atom. The molecule has 2 amide bonds. The summed E-state index contributed by atoms with van der Waals surface area (Å²) < 4.78 is 5.19. The lowest BCUT2D eigenvalue weighted by atomic mass is 10.2. The highest BCUT2D eigenvalue weighted by atomic mass is 35.5. The fraction of sp³-hybridized carbons (Fsp3) is 0.364. The number of carbonyl (C=O) groups excluding carboxylic acids is 2. The lowest BCUT2D eigenvalue weighted by Gasteiger charge is -2.32. The molecule has 7 heteroatoms. The van der Waals surface area contributed by atoms with Gasteiger partial charge < -0.3 is 19.9 Å². The number of amides is 2. The molecule has 1 aliphatic heterocycles. The molecule has 1 fully saturated rings. The minimum Gasteiger partial charge on any atom is -0.497 e. The average Bonchev–Trinajstić information content (AvgIpc) is 2.75. The zero-order chi connectivity index (χ0) is 20.6. The topological polar surface area (TPSA) is 63.1 Å². The van der Waals surface area contributed by atoms with Crippen molar-refractivity contribution in [2.75, 3.05) is 39.8 Å². The first-order valence-corrected chi connectivity index (χ1v) is 10.2. The predicted octanol–water partition coefficient (Wildman–Crippen LogP) is 1.40. The Kier molecular flexibility index (Phi) is 7.49. The maximum atomic E-state index is 12.4. The molecule has 0 aliphatic carbocycles. The summed E-state index contributed by atoms with van der Waals surface area (Å²) in [7, 11) is 1.67. The van der Waals surface area contributed by atoms with Crippen molar-refractivity contribution in [2.45, 2.75) is 13.0 Å². The van der Waals surface area contributed by atoms with Gasteiger partial charge in [-0.2, -0.15) is 0 Å². The Morgan fingerprint density at radius 3 is 2.34 bits per heavy atom. The van der Waals surface area contributed by atoms with E-state index in [0.29, 0.717) is 23.6 Å². The van der Waals surface area contributed by atoms with Crippen LogP contribution in [0.5, 0.6) is 5.75 Å². The normalized spacial score (nSPS) is 14.5. The van der Waals surface area contributed by atoms with Crippen molar-refractivity contribution in [1.82, 2.24) is 10.2 Å². The highest BCUT2D eigenvalue weighted by Gasteiger charge is 2.23. The fourth-order valence-electron chi connectivity index (χ4n) is 3.43. The van der Waals surface area contributed by atoms with Crippen molar-refractivity contribution in [3.63, 3.8) is 0 Å². The maximum absolute atomic E-state index is 12.4. The minimum atomic E-state index is -0.191. The van der Waals surface area contributed by atoms with Crippen LogP contribution in [0.25, 0.3) is 0 Å². The Hall–Kier alpha value is -2.57. The molecule has 29 heavy (non-hydrogen) atoms. The zero-order valence-corrected chi connectivity index (χ0v) is 17.4. The third-order valence-electron chi connectivity index (χ3n) is 5.17. The van der Waals surface area contributed by atoms with Crippen LogP contribution in [0, 0.1) is 0 Å². The smallest absolute Gasteiger partial charge is 0.251 e. The van der Waals surface area contributed by atoms with E-state index in [-0.39, 0.29) is 11.8 Å². The Bertz CT molecular complexity index is 816. The van der Waals surface area contributed by atoms with Gasteiger partial charge in [0, 0.05) is 29.1 Å². The molecule has 1 heterocycles. The van der Waals surface area contributed by atoms with Gasteiger partial charge in [-0.05, 0) is 48.5 Å². The molecule has 1 aliphatic rings. The first-order chi connectivity index (χ1) is 14.0. The molecule has 0 aromatic heterocycles. The molecular formula is C22H27ClN3O3+. The molecular weight excluding hydrogens is 390 g/mol. The summed E-state index contributed by atoms with van der Waals surface area (Å²) in [5.41, 5.74) is 1.81. The van der Waals surface area contributed by atoms with Gasteiger partial charge in [-0.25, -0.2) is 0 Å². The van der Waals surface area contributed by atoms with E-state index in [4.69, 9.17) is 16.3 Å². The van der Waals surface area contributed by atoms with Crippen LogP contribution in [-0.4, -0.2) is 56.5 Å². The van der Waals surface area contributed by atoms with Crippen LogP contribution in [0.15, 0.2) is 48.5 Å². The van der Waals surface area contributed by atoms with Crippen LogP contribution in [0.3, 0.4) is 0 Å². The zero-order valence-electron chi connectivity index (χ0n) is 16.6. The van der Waals surface area contributed by atoms with E-state index >= 15 is 0 Å². The predicted molar refractivity (Wildman–Crippen MR) is 112 cm³/mol. The van der Waals surface area contributed by atoms with Gasteiger partial charge in [0.15, 0.2) is 0 Å². The molecule has 2 aromatic carbocycles. The van der Waals surface area contributed by atoms with Gasteiger partial charge in [0.25, 0.3) is 5.91 Å². The molecule has 154 valence electrons. The summed E-state index contributed by atoms with van der Waals surface area (Å²) in [4.78, 5) is 27.9. The summed E-state index contributed by atoms with van der Waals surface area (Å²) in [5, 5.41) is 3.38. The molecule has 0 spiro atoms. The average molecular weight is 417 g/mol. The summed E-state index contributed by atoms with van der Waals surface area (Å²) in [6, 6.07) is 14.8. The van der Waals surface area contributed by atoms with Crippen molar-refractivity contribution in [2.24, 2.45) is 0 Å². The van der Waals surface area contributed by atoms with E-state index in [9.17, 15) is 9.59 Å². The lowest BCUT2D eigenvalue weighted by Crippen LogP contribution is -3.13. The number of piperazine rings is 1. The number of methoxy groups -OCH3 is 1. The van der Waals surface area contributed by atoms with Crippen LogP contribution in [0.4, 0.5) is 0 Å². The molecule has 0 radical (unpaired) electrons. The molecule has 0 unspecified atom stereocenters. The van der Waals surface area contributed by atoms with Gasteiger partial charge in [0.1, 0.15) is 12.3 Å². The third kappa shape index (κ3) is 6.21. The molecule has 1 saturated heterocycles. The summed E-state index contributed by atoms with van der Waals surface area (Å²) >= 11 is 5.83. The van der Waals surface area contributed by atoms with E-state index in [2.05, 4.69) is 17.4 Å². The van der Waals surface area contributed by atoms with E-state index in [0.717, 1.165) is 38.5 Å². The number of benzene rings is 2. The van der Waals surface area contributed by atoms with Crippen LogP contribution in [0.2, 0.25) is 5.02 Å². The van der Waals surface area contributed by atoms with Crippen molar-refractivity contribution in [3.05, 3.63) is 64.7 Å². The van der Waals surface area contributed by atoms with Gasteiger partial charge in [-0.3, -0.25) is 9.59 Å². The summed E-state index contributed by atoms with van der Waals surface area (Å²) in [6.07, 6.45) is 0.313. The molecule has 2 aromatic rings. The molecule has 3 rings (SSSR count). The number of rotatable bonds is 7. The fourth-order valence-corrected chi connectivity index (χ4v) is 3.55. The molecule has 0 saturated carbocycles. The van der Waals surface area contributed by atoms with E-state index in [1.54, 1.807) is 31.4 Å². The maximum Gasteiger partial charge on any atom is 0.251 e. The highest BCUT2D eigenvalue weighted by Crippen LogP contribution is 2.11. The second-order valence-electron chi connectivity index (χ2n) is 7.17. The SMILES string of the molecule is COc1ccc(C[NH+]2CCN(C(=O)CCNC(=O)c3ccc(Cl)cc3)CC2)cc1. The Labute approximate surface area is 176 Å². The highest BCUT2D eigenvalue weighted by molar-refractivity contribution is 6.30. The van der Waals surface area contributed by atoms with Gasteiger partial charge in [-0.1, -0.05) is 11.6 Å². The number of hydrogen-bond acceptors (Lipinski definition) is 3. The number of ether oxygens (including phenoxy) is 1. The first kappa shape index (κ1) is 21.1. The van der Waals surface area contributed by atoms with Crippen LogP contribution < -0.4 is 15.0 Å². The van der Waals surface area contributed by atoms with Crippen LogP contribution in [0.1, 0.15) is 22.3 Å². The van der Waals surface area contributed by atoms with E-state index in [1.165, 1.54) is 10.5 Å². The van der Waals surface area contributed by atoms with Gasteiger partial charge in [-0.15, -0.1) is 0 Å². The Balaban J connectivity index is 1.37. The number of nitrogens with one attached hydrogen (secondary N) is 2. The molecule has 0 bridgehead atoms. The summed E-state index contributed by atoms with van der Waals surface area (Å²) in [6.45, 7) is 4.62. The molecule has 0 atom stereocenters. The quantitative estimate of drug-likeness (QED) is 0.717. The van der Waals surface area contributed by atoms with Gasteiger partial charge >= 0.3 is 0 Å². The van der Waals surface area contributed by atoms with Crippen LogP contribution >= 0.6 is 11.6 Å². The Morgan fingerprint density at radius 1 is 1.07 bits per heavy atom.